The van der Waals surface area contributed by atoms with Crippen molar-refractivity contribution in [3.05, 3.63) is 47.4 Å². The van der Waals surface area contributed by atoms with Gasteiger partial charge in [0.05, 0.1) is 6.42 Å². The number of rotatable bonds is 3. The van der Waals surface area contributed by atoms with Crippen molar-refractivity contribution in [3.63, 3.8) is 0 Å². The lowest BCUT2D eigenvalue weighted by atomic mass is 10.1. The molecular weight excluding hydrogens is 215 g/mol. The van der Waals surface area contributed by atoms with Crippen LogP contribution in [0.1, 0.15) is 22.1 Å². The van der Waals surface area contributed by atoms with Crippen molar-refractivity contribution in [2.45, 2.75) is 6.42 Å². The highest BCUT2D eigenvalue weighted by Crippen LogP contribution is 2.12. The van der Waals surface area contributed by atoms with Gasteiger partial charge < -0.3 is 9.52 Å². The third-order valence-corrected chi connectivity index (χ3v) is 1.95. The summed E-state index contributed by atoms with van der Waals surface area (Å²) < 4.78 is 18.1. The van der Waals surface area contributed by atoms with Crippen LogP contribution in [0.25, 0.3) is 0 Å². The molecule has 1 N–H and O–H groups in total. The molecule has 2 aromatic rings. The number of benzene rings is 1. The van der Waals surface area contributed by atoms with E-state index in [0.29, 0.717) is 5.56 Å². The van der Waals surface area contributed by atoms with Gasteiger partial charge in [-0.15, -0.1) is 10.2 Å². The molecule has 0 aliphatic carbocycles. The van der Waals surface area contributed by atoms with Crippen LogP contribution in [0.2, 0.25) is 0 Å². The molecule has 0 amide bonds. The highest BCUT2D eigenvalue weighted by Gasteiger charge is 2.14. The number of hydrogen-bond acceptors (Lipinski definition) is 4. The zero-order chi connectivity index (χ0) is 11.5. The first kappa shape index (κ1) is 10.3. The van der Waals surface area contributed by atoms with Crippen LogP contribution in [0, 0.1) is 5.82 Å². The van der Waals surface area contributed by atoms with Gasteiger partial charge in [-0.3, -0.25) is 0 Å². The largest absolute Gasteiger partial charge is 0.474 e. The van der Waals surface area contributed by atoms with E-state index in [0.717, 1.165) is 0 Å². The average Bonchev–Trinajstić information content (AvgIpc) is 2.70. The van der Waals surface area contributed by atoms with Gasteiger partial charge in [0.1, 0.15) is 5.82 Å². The molecule has 0 radical (unpaired) electrons. The quantitative estimate of drug-likeness (QED) is 0.851. The van der Waals surface area contributed by atoms with Crippen molar-refractivity contribution in [2.75, 3.05) is 0 Å². The zero-order valence-electron chi connectivity index (χ0n) is 8.05. The van der Waals surface area contributed by atoms with E-state index in [1.165, 1.54) is 6.07 Å². The second-order valence-corrected chi connectivity index (χ2v) is 3.07. The Balaban J connectivity index is 2.21. The van der Waals surface area contributed by atoms with Crippen LogP contribution in [0.4, 0.5) is 4.39 Å². The summed E-state index contributed by atoms with van der Waals surface area (Å²) in [6.45, 7) is 0. The molecule has 5 nitrogen and oxygen atoms in total. The number of carboxylic acids is 1. The summed E-state index contributed by atoms with van der Waals surface area (Å²) in [5.74, 6) is -2.11. The predicted molar refractivity (Wildman–Crippen MR) is 50.5 cm³/mol. The summed E-state index contributed by atoms with van der Waals surface area (Å²) in [7, 11) is 0. The molecule has 82 valence electrons. The maximum absolute atomic E-state index is 13.2. The minimum absolute atomic E-state index is 0.0718. The SMILES string of the molecule is O=C(O)c1nnc(Cc2ccccc2F)o1. The Kier molecular flexibility index (Phi) is 2.63. The lowest BCUT2D eigenvalue weighted by Crippen LogP contribution is -1.95. The van der Waals surface area contributed by atoms with Crippen molar-refractivity contribution in [1.82, 2.24) is 10.2 Å². The third-order valence-electron chi connectivity index (χ3n) is 1.95. The highest BCUT2D eigenvalue weighted by molar-refractivity contribution is 5.81. The van der Waals surface area contributed by atoms with Crippen LogP contribution in [0.5, 0.6) is 0 Å². The second kappa shape index (κ2) is 4.09. The Morgan fingerprint density at radius 3 is 2.75 bits per heavy atom. The molecule has 0 saturated carbocycles. The van der Waals surface area contributed by atoms with E-state index in [4.69, 9.17) is 9.52 Å². The van der Waals surface area contributed by atoms with Crippen LogP contribution in [0.3, 0.4) is 0 Å². The molecule has 0 saturated heterocycles. The van der Waals surface area contributed by atoms with Gasteiger partial charge in [-0.1, -0.05) is 18.2 Å². The average molecular weight is 222 g/mol. The number of aromatic carboxylic acids is 1. The van der Waals surface area contributed by atoms with Crippen LogP contribution in [-0.4, -0.2) is 21.3 Å². The van der Waals surface area contributed by atoms with Crippen LogP contribution >= 0.6 is 0 Å². The van der Waals surface area contributed by atoms with E-state index in [2.05, 4.69) is 10.2 Å². The number of nitrogens with zero attached hydrogens (tertiary/aromatic N) is 2. The molecule has 1 aromatic heterocycles. The normalized spacial score (nSPS) is 10.3. The predicted octanol–water partition coefficient (Wildman–Crippen LogP) is 1.50. The fourth-order valence-corrected chi connectivity index (χ4v) is 1.22. The summed E-state index contributed by atoms with van der Waals surface area (Å²) >= 11 is 0. The van der Waals surface area contributed by atoms with E-state index < -0.39 is 17.7 Å². The Bertz CT molecular complexity index is 524. The molecule has 2 rings (SSSR count). The molecule has 16 heavy (non-hydrogen) atoms. The number of carboxylic acid groups (broad SMARTS) is 1. The third kappa shape index (κ3) is 2.05. The van der Waals surface area contributed by atoms with Gasteiger partial charge >= 0.3 is 11.9 Å². The van der Waals surface area contributed by atoms with Gasteiger partial charge in [0, 0.05) is 0 Å². The zero-order valence-corrected chi connectivity index (χ0v) is 8.05. The van der Waals surface area contributed by atoms with Crippen molar-refractivity contribution < 1.29 is 18.7 Å². The van der Waals surface area contributed by atoms with Crippen molar-refractivity contribution in [3.8, 4) is 0 Å². The number of halogens is 1. The monoisotopic (exact) mass is 222 g/mol. The first-order valence-electron chi connectivity index (χ1n) is 4.46. The van der Waals surface area contributed by atoms with E-state index >= 15 is 0 Å². The van der Waals surface area contributed by atoms with Crippen LogP contribution < -0.4 is 0 Å². The molecule has 0 atom stereocenters. The van der Waals surface area contributed by atoms with Crippen molar-refractivity contribution >= 4 is 5.97 Å². The molecule has 6 heteroatoms. The van der Waals surface area contributed by atoms with E-state index in [1.807, 2.05) is 0 Å². The second-order valence-electron chi connectivity index (χ2n) is 3.07. The summed E-state index contributed by atoms with van der Waals surface area (Å²) in [6, 6.07) is 6.12. The number of aromatic nitrogens is 2. The van der Waals surface area contributed by atoms with Gasteiger partial charge in [-0.05, 0) is 11.6 Å². The van der Waals surface area contributed by atoms with Crippen LogP contribution in [-0.2, 0) is 6.42 Å². The van der Waals surface area contributed by atoms with E-state index in [-0.39, 0.29) is 12.3 Å². The number of carbonyl (C=O) groups is 1. The summed E-state index contributed by atoms with van der Waals surface area (Å²) in [5, 5.41) is 15.4. The van der Waals surface area contributed by atoms with Gasteiger partial charge in [0.15, 0.2) is 0 Å². The number of hydrogen-bond donors (Lipinski definition) is 1. The lowest BCUT2D eigenvalue weighted by molar-refractivity contribution is 0.0651. The molecule has 0 fully saturated rings. The Morgan fingerprint density at radius 2 is 2.12 bits per heavy atom. The molecule has 0 aliphatic rings. The summed E-state index contributed by atoms with van der Waals surface area (Å²) in [6.07, 6.45) is 0.0763. The molecule has 1 aromatic carbocycles. The fourth-order valence-electron chi connectivity index (χ4n) is 1.22. The van der Waals surface area contributed by atoms with Crippen molar-refractivity contribution in [1.29, 1.82) is 0 Å². The van der Waals surface area contributed by atoms with Crippen LogP contribution in [0.15, 0.2) is 28.7 Å². The minimum Gasteiger partial charge on any atom is -0.474 e. The molecule has 0 aliphatic heterocycles. The molecule has 1 heterocycles. The van der Waals surface area contributed by atoms with E-state index in [9.17, 15) is 9.18 Å². The maximum atomic E-state index is 13.2. The fraction of sp³-hybridized carbons (Fsp3) is 0.100. The minimum atomic E-state index is -1.30. The summed E-state index contributed by atoms with van der Waals surface area (Å²) in [4.78, 5) is 10.5. The highest BCUT2D eigenvalue weighted by atomic mass is 19.1. The topological polar surface area (TPSA) is 76.2 Å². The first-order valence-corrected chi connectivity index (χ1v) is 4.46. The summed E-state index contributed by atoms with van der Waals surface area (Å²) in [5.41, 5.74) is 0.378. The Hall–Kier alpha value is -2.24. The molecular formula is C10H7FN2O3. The lowest BCUT2D eigenvalue weighted by Gasteiger charge is -1.97. The Labute approximate surface area is 89.5 Å². The molecule has 0 bridgehead atoms. The molecule has 0 unspecified atom stereocenters. The standard InChI is InChI=1S/C10H7FN2O3/c11-7-4-2-1-3-6(7)5-8-12-13-9(16-8)10(14)15/h1-4H,5H2,(H,14,15). The van der Waals surface area contributed by atoms with Gasteiger partial charge in [0.25, 0.3) is 0 Å². The Morgan fingerprint density at radius 1 is 1.38 bits per heavy atom. The maximum Gasteiger partial charge on any atom is 0.393 e. The van der Waals surface area contributed by atoms with Gasteiger partial charge in [0.2, 0.25) is 5.89 Å². The molecule has 0 spiro atoms. The van der Waals surface area contributed by atoms with Crippen molar-refractivity contribution in [2.24, 2.45) is 0 Å². The first-order chi connectivity index (χ1) is 7.66. The van der Waals surface area contributed by atoms with E-state index in [1.54, 1.807) is 18.2 Å². The smallest absolute Gasteiger partial charge is 0.393 e. The van der Waals surface area contributed by atoms with Gasteiger partial charge in [-0.25, -0.2) is 9.18 Å². The van der Waals surface area contributed by atoms with Gasteiger partial charge in [-0.2, -0.15) is 0 Å².